The molecule has 0 aromatic heterocycles. The Balaban J connectivity index is 1.39. The van der Waals surface area contributed by atoms with Crippen molar-refractivity contribution in [3.63, 3.8) is 0 Å². The summed E-state index contributed by atoms with van der Waals surface area (Å²) in [6.45, 7) is 4.03. The summed E-state index contributed by atoms with van der Waals surface area (Å²) >= 11 is 1.53. The molecule has 2 aromatic rings. The fourth-order valence-corrected chi connectivity index (χ4v) is 5.56. The van der Waals surface area contributed by atoms with Crippen molar-refractivity contribution >= 4 is 29.5 Å². The summed E-state index contributed by atoms with van der Waals surface area (Å²) in [6, 6.07) is 17.5. The van der Waals surface area contributed by atoms with Crippen LogP contribution in [0.4, 0.5) is 0 Å². The number of ether oxygens (including phenoxy) is 1. The second-order valence-corrected chi connectivity index (χ2v) is 9.83. The van der Waals surface area contributed by atoms with Crippen LogP contribution in [0.1, 0.15) is 25.0 Å². The number of thioether (sulfide) groups is 1. The van der Waals surface area contributed by atoms with Gasteiger partial charge in [0.25, 0.3) is 0 Å². The maximum atomic E-state index is 12.8. The van der Waals surface area contributed by atoms with Gasteiger partial charge in [0.2, 0.25) is 11.8 Å². The lowest BCUT2D eigenvalue weighted by molar-refractivity contribution is -0.165. The standard InChI is InChI=1S/C23H24N2O4S/c1-23(2)19(22(28)29-14-16-11-7-4-8-12-16)25-20(27)18(21(25)30-23)24-17(26)13-15-9-5-3-6-10-15/h3-12,18-19,21H,13-14H2,1-2H3,(H,24,26)/t18?,19-,21+/m0/s1. The maximum Gasteiger partial charge on any atom is 0.330 e. The Kier molecular flexibility index (Phi) is 5.56. The molecule has 2 heterocycles. The van der Waals surface area contributed by atoms with Crippen molar-refractivity contribution in [1.82, 2.24) is 10.2 Å². The minimum Gasteiger partial charge on any atom is -0.459 e. The van der Waals surface area contributed by atoms with E-state index in [0.29, 0.717) is 0 Å². The number of nitrogens with zero attached hydrogens (tertiary/aromatic N) is 1. The molecule has 2 saturated heterocycles. The van der Waals surface area contributed by atoms with Gasteiger partial charge < -0.3 is 15.0 Å². The van der Waals surface area contributed by atoms with E-state index in [1.165, 1.54) is 11.8 Å². The zero-order valence-corrected chi connectivity index (χ0v) is 17.7. The van der Waals surface area contributed by atoms with Gasteiger partial charge in [0.05, 0.1) is 6.42 Å². The Bertz CT molecular complexity index is 948. The van der Waals surface area contributed by atoms with Crippen LogP contribution in [0, 0.1) is 0 Å². The number of β-lactam (4-membered cyclic amide) rings is 1. The molecule has 2 aromatic carbocycles. The topological polar surface area (TPSA) is 75.7 Å². The van der Waals surface area contributed by atoms with Gasteiger partial charge in [0.1, 0.15) is 24.1 Å². The Labute approximate surface area is 180 Å². The zero-order valence-electron chi connectivity index (χ0n) is 16.9. The monoisotopic (exact) mass is 424 g/mol. The van der Waals surface area contributed by atoms with Gasteiger partial charge in [-0.2, -0.15) is 0 Å². The number of amides is 2. The van der Waals surface area contributed by atoms with E-state index >= 15 is 0 Å². The Hall–Kier alpha value is -2.80. The summed E-state index contributed by atoms with van der Waals surface area (Å²) in [5.74, 6) is -0.852. The molecule has 0 radical (unpaired) electrons. The number of fused-ring (bicyclic) bond motifs is 1. The van der Waals surface area contributed by atoms with E-state index in [1.807, 2.05) is 74.5 Å². The van der Waals surface area contributed by atoms with E-state index in [4.69, 9.17) is 4.74 Å². The summed E-state index contributed by atoms with van der Waals surface area (Å²) in [5.41, 5.74) is 1.78. The summed E-state index contributed by atoms with van der Waals surface area (Å²) in [4.78, 5) is 39.6. The molecule has 0 bridgehead atoms. The third kappa shape index (κ3) is 3.94. The minimum atomic E-state index is -0.675. The van der Waals surface area contributed by atoms with E-state index in [0.717, 1.165) is 11.1 Å². The van der Waals surface area contributed by atoms with Crippen LogP contribution >= 0.6 is 11.8 Å². The fraction of sp³-hybridized carbons (Fsp3) is 0.348. The molecule has 0 aliphatic carbocycles. The van der Waals surface area contributed by atoms with Crippen molar-refractivity contribution in [3.8, 4) is 0 Å². The molecular weight excluding hydrogens is 400 g/mol. The number of nitrogens with one attached hydrogen (secondary N) is 1. The van der Waals surface area contributed by atoms with Gasteiger partial charge in [-0.15, -0.1) is 11.8 Å². The first-order valence-electron chi connectivity index (χ1n) is 9.91. The molecule has 1 N–H and O–H groups in total. The highest BCUT2D eigenvalue weighted by molar-refractivity contribution is 8.01. The zero-order chi connectivity index (χ0) is 21.3. The van der Waals surface area contributed by atoms with Crippen molar-refractivity contribution in [3.05, 3.63) is 71.8 Å². The molecule has 2 fully saturated rings. The van der Waals surface area contributed by atoms with Crippen LogP contribution in [-0.4, -0.2) is 44.9 Å². The SMILES string of the molecule is CC1(C)S[C@@H]2C(NC(=O)Cc3ccccc3)C(=O)N2[C@H]1C(=O)OCc1ccccc1. The molecule has 3 atom stereocenters. The average molecular weight is 425 g/mol. The summed E-state index contributed by atoms with van der Waals surface area (Å²) in [5, 5.41) is 2.58. The molecule has 2 aliphatic rings. The van der Waals surface area contributed by atoms with Gasteiger partial charge in [-0.25, -0.2) is 4.79 Å². The molecule has 30 heavy (non-hydrogen) atoms. The molecule has 0 saturated carbocycles. The summed E-state index contributed by atoms with van der Waals surface area (Å²) < 4.78 is 5.00. The Morgan fingerprint density at radius 3 is 2.27 bits per heavy atom. The van der Waals surface area contributed by atoms with Gasteiger partial charge in [0.15, 0.2) is 0 Å². The van der Waals surface area contributed by atoms with Crippen molar-refractivity contribution in [2.45, 2.75) is 49.1 Å². The molecule has 2 aliphatic heterocycles. The largest absolute Gasteiger partial charge is 0.459 e. The van der Waals surface area contributed by atoms with Crippen LogP contribution in [0.2, 0.25) is 0 Å². The lowest BCUT2D eigenvalue weighted by atomic mass is 9.96. The van der Waals surface area contributed by atoms with Gasteiger partial charge in [-0.1, -0.05) is 60.7 Å². The predicted molar refractivity (Wildman–Crippen MR) is 114 cm³/mol. The Morgan fingerprint density at radius 1 is 1.03 bits per heavy atom. The first kappa shape index (κ1) is 20.5. The van der Waals surface area contributed by atoms with Gasteiger partial charge in [-0.3, -0.25) is 9.59 Å². The van der Waals surface area contributed by atoms with Crippen molar-refractivity contribution in [1.29, 1.82) is 0 Å². The summed E-state index contributed by atoms with van der Waals surface area (Å²) in [7, 11) is 0. The molecule has 156 valence electrons. The quantitative estimate of drug-likeness (QED) is 0.570. The lowest BCUT2D eigenvalue weighted by Gasteiger charge is -2.44. The first-order valence-corrected chi connectivity index (χ1v) is 10.8. The molecule has 6 nitrogen and oxygen atoms in total. The van der Waals surface area contributed by atoms with E-state index in [-0.39, 0.29) is 30.2 Å². The molecule has 7 heteroatoms. The van der Waals surface area contributed by atoms with Gasteiger partial charge in [0, 0.05) is 4.75 Å². The summed E-state index contributed by atoms with van der Waals surface area (Å²) in [6.07, 6.45) is 0.216. The van der Waals surface area contributed by atoms with Crippen LogP contribution in [0.15, 0.2) is 60.7 Å². The average Bonchev–Trinajstić information content (AvgIpc) is 2.99. The van der Waals surface area contributed by atoms with Crippen molar-refractivity contribution in [2.75, 3.05) is 0 Å². The van der Waals surface area contributed by atoms with Crippen LogP contribution in [0.25, 0.3) is 0 Å². The maximum absolute atomic E-state index is 12.8. The highest BCUT2D eigenvalue weighted by Crippen LogP contribution is 2.51. The number of carbonyl (C=O) groups is 3. The normalized spacial score (nSPS) is 24.0. The van der Waals surface area contributed by atoms with Crippen LogP contribution in [0.3, 0.4) is 0 Å². The van der Waals surface area contributed by atoms with Gasteiger partial charge in [-0.05, 0) is 25.0 Å². The van der Waals surface area contributed by atoms with Crippen molar-refractivity contribution in [2.24, 2.45) is 0 Å². The molecule has 1 unspecified atom stereocenters. The van der Waals surface area contributed by atoms with Crippen LogP contribution in [0.5, 0.6) is 0 Å². The number of benzene rings is 2. The number of rotatable bonds is 6. The van der Waals surface area contributed by atoms with E-state index in [2.05, 4.69) is 5.32 Å². The number of carbonyl (C=O) groups excluding carboxylic acids is 3. The molecule has 0 spiro atoms. The molecular formula is C23H24N2O4S. The lowest BCUT2D eigenvalue weighted by Crippen LogP contribution is -2.70. The highest BCUT2D eigenvalue weighted by atomic mass is 32.2. The third-order valence-corrected chi connectivity index (χ3v) is 6.98. The third-order valence-electron chi connectivity index (χ3n) is 5.41. The Morgan fingerprint density at radius 2 is 1.63 bits per heavy atom. The number of hydrogen-bond acceptors (Lipinski definition) is 5. The predicted octanol–water partition coefficient (Wildman–Crippen LogP) is 2.52. The number of esters is 1. The molecule has 2 amide bonds. The van der Waals surface area contributed by atoms with E-state index in [1.54, 1.807) is 4.90 Å². The van der Waals surface area contributed by atoms with Gasteiger partial charge >= 0.3 is 5.97 Å². The van der Waals surface area contributed by atoms with E-state index in [9.17, 15) is 14.4 Å². The second-order valence-electron chi connectivity index (χ2n) is 8.06. The van der Waals surface area contributed by atoms with Crippen LogP contribution < -0.4 is 5.32 Å². The minimum absolute atomic E-state index is 0.168. The smallest absolute Gasteiger partial charge is 0.330 e. The molecule has 4 rings (SSSR count). The fourth-order valence-electron chi connectivity index (χ4n) is 3.94. The van der Waals surface area contributed by atoms with E-state index < -0.39 is 22.8 Å². The van der Waals surface area contributed by atoms with Crippen molar-refractivity contribution < 1.29 is 19.1 Å². The van der Waals surface area contributed by atoms with Crippen LogP contribution in [-0.2, 0) is 32.1 Å². The first-order chi connectivity index (χ1) is 14.4. The highest BCUT2D eigenvalue weighted by Gasteiger charge is 2.64. The number of hydrogen-bond donors (Lipinski definition) is 1. The second kappa shape index (κ2) is 8.14.